The second kappa shape index (κ2) is 36.9. The van der Waals surface area contributed by atoms with Gasteiger partial charge in [-0.05, 0) is 138 Å². The Morgan fingerprint density at radius 2 is 0.766 bits per heavy atom. The molecule has 0 aliphatic heterocycles. The first kappa shape index (κ1) is 70.7. The van der Waals surface area contributed by atoms with E-state index in [0.717, 1.165) is 53.6 Å². The smallest absolute Gasteiger partial charge is 0.408 e. The monoisotopic (exact) mass is 1290 g/mol. The van der Waals surface area contributed by atoms with Gasteiger partial charge < -0.3 is 60.6 Å². The molecule has 8 amide bonds. The van der Waals surface area contributed by atoms with Crippen molar-refractivity contribution in [3.8, 4) is 0 Å². The number of hydrogen-bond acceptors (Lipinski definition) is 14. The largest absolute Gasteiger partial charge is 0.467 e. The number of amides is 8. The molecule has 24 heteroatoms. The number of alkyl carbamates (subject to hydrolysis) is 2. The SMILES string of the molecule is COC(=O)[C@H](CCCCNC(=O)CN(CC(=O)NCCc1ccc(F)cc1)C(=O)c1cccc(C(=O)N(CC(=O)NCCCC[C@H](NC(=O)OCc2cccc3ccccc23)C(=O)OC)CC(=O)NCCc2ccc(F)cc2)c1)NC(=O)OCc1cccc2ccccc12. The minimum atomic E-state index is -1.08. The molecule has 7 aromatic carbocycles. The first-order chi connectivity index (χ1) is 45.5. The number of carbonyl (C=O) groups excluding carboxylic acids is 10. The Balaban J connectivity index is 0.963. The molecule has 6 N–H and O–H groups in total. The summed E-state index contributed by atoms with van der Waals surface area (Å²) in [7, 11) is 2.36. The van der Waals surface area contributed by atoms with Crippen molar-refractivity contribution in [3.05, 3.63) is 203 Å². The van der Waals surface area contributed by atoms with E-state index in [2.05, 4.69) is 31.9 Å². The summed E-state index contributed by atoms with van der Waals surface area (Å²) in [6.07, 6.45) is 0.406. The predicted octanol–water partition coefficient (Wildman–Crippen LogP) is 7.38. The maximum Gasteiger partial charge on any atom is 0.408 e. The van der Waals surface area contributed by atoms with Crippen LogP contribution in [0.2, 0.25) is 0 Å². The molecule has 0 spiro atoms. The molecule has 2 atom stereocenters. The lowest BCUT2D eigenvalue weighted by Crippen LogP contribution is -2.47. The minimum Gasteiger partial charge on any atom is -0.467 e. The van der Waals surface area contributed by atoms with E-state index in [4.69, 9.17) is 18.9 Å². The van der Waals surface area contributed by atoms with Crippen molar-refractivity contribution in [2.24, 2.45) is 0 Å². The lowest BCUT2D eigenvalue weighted by molar-refractivity contribution is -0.144. The summed E-state index contributed by atoms with van der Waals surface area (Å²) in [5, 5.41) is 19.7. The Labute approximate surface area is 542 Å². The van der Waals surface area contributed by atoms with Gasteiger partial charge in [0.1, 0.15) is 63.1 Å². The lowest BCUT2D eigenvalue weighted by Gasteiger charge is -2.24. The van der Waals surface area contributed by atoms with E-state index < -0.39 is 109 Å². The van der Waals surface area contributed by atoms with Gasteiger partial charge in [-0.3, -0.25) is 28.8 Å². The van der Waals surface area contributed by atoms with Crippen molar-refractivity contribution in [1.82, 2.24) is 41.7 Å². The van der Waals surface area contributed by atoms with Crippen molar-refractivity contribution < 1.29 is 75.7 Å². The van der Waals surface area contributed by atoms with E-state index in [-0.39, 0.29) is 63.4 Å². The summed E-state index contributed by atoms with van der Waals surface area (Å²) >= 11 is 0. The van der Waals surface area contributed by atoms with Gasteiger partial charge in [-0.2, -0.15) is 0 Å². The molecule has 0 unspecified atom stereocenters. The average molecular weight is 1290 g/mol. The predicted molar refractivity (Wildman–Crippen MR) is 344 cm³/mol. The number of halogens is 2. The summed E-state index contributed by atoms with van der Waals surface area (Å²) in [5.74, 6) is -6.62. The number of ether oxygens (including phenoxy) is 4. The van der Waals surface area contributed by atoms with E-state index in [9.17, 15) is 56.7 Å². The average Bonchev–Trinajstić information content (AvgIpc) is 1.02. The third-order valence-electron chi connectivity index (χ3n) is 15.1. The number of methoxy groups -OCH3 is 2. The van der Waals surface area contributed by atoms with Crippen LogP contribution in [0.4, 0.5) is 18.4 Å². The molecule has 94 heavy (non-hydrogen) atoms. The van der Waals surface area contributed by atoms with Gasteiger partial charge in [0.15, 0.2) is 0 Å². The Morgan fingerprint density at radius 1 is 0.415 bits per heavy atom. The topological polar surface area (TPSA) is 286 Å². The summed E-state index contributed by atoms with van der Waals surface area (Å²) in [6.45, 7) is -2.35. The van der Waals surface area contributed by atoms with Crippen LogP contribution >= 0.6 is 0 Å². The fourth-order valence-corrected chi connectivity index (χ4v) is 10.1. The van der Waals surface area contributed by atoms with E-state index >= 15 is 0 Å². The van der Waals surface area contributed by atoms with Gasteiger partial charge in [-0.1, -0.05) is 115 Å². The van der Waals surface area contributed by atoms with Gasteiger partial charge >= 0.3 is 24.1 Å². The van der Waals surface area contributed by atoms with Crippen molar-refractivity contribution in [1.29, 1.82) is 0 Å². The number of nitrogens with one attached hydrogen (secondary N) is 6. The van der Waals surface area contributed by atoms with Crippen molar-refractivity contribution in [2.45, 2.75) is 76.7 Å². The molecule has 0 saturated carbocycles. The molecule has 0 aliphatic rings. The molecule has 22 nitrogen and oxygen atoms in total. The highest BCUT2D eigenvalue weighted by molar-refractivity contribution is 6.03. The number of esters is 2. The number of rotatable bonds is 34. The van der Waals surface area contributed by atoms with E-state index in [1.165, 1.54) is 62.8 Å². The Hall–Kier alpha value is -10.8. The number of unbranched alkanes of at least 4 members (excludes halogenated alkanes) is 2. The van der Waals surface area contributed by atoms with Gasteiger partial charge in [0.25, 0.3) is 11.8 Å². The quantitative estimate of drug-likeness (QED) is 0.0130. The van der Waals surface area contributed by atoms with Gasteiger partial charge in [0, 0.05) is 37.3 Å². The summed E-state index contributed by atoms with van der Waals surface area (Å²) in [5.41, 5.74) is 2.70. The van der Waals surface area contributed by atoms with Gasteiger partial charge in [0.2, 0.25) is 23.6 Å². The second-order valence-electron chi connectivity index (χ2n) is 21.9. The molecule has 7 rings (SSSR count). The number of nitrogens with zero attached hydrogens (tertiary/aromatic N) is 2. The van der Waals surface area contributed by atoms with Crippen LogP contribution in [0.5, 0.6) is 0 Å². The number of carbonyl (C=O) groups is 10. The summed E-state index contributed by atoms with van der Waals surface area (Å²) < 4.78 is 47.9. The molecule has 0 fully saturated rings. The lowest BCUT2D eigenvalue weighted by atomic mass is 10.1. The number of benzene rings is 7. The van der Waals surface area contributed by atoms with E-state index in [1.54, 1.807) is 24.3 Å². The molecule has 0 heterocycles. The first-order valence-corrected chi connectivity index (χ1v) is 30.7. The highest BCUT2D eigenvalue weighted by Gasteiger charge is 2.28. The van der Waals surface area contributed by atoms with Crippen LogP contribution in [-0.4, -0.2) is 148 Å². The Kier molecular flexibility index (Phi) is 27.8. The van der Waals surface area contributed by atoms with Crippen LogP contribution in [0, 0.1) is 11.6 Å². The first-order valence-electron chi connectivity index (χ1n) is 30.7. The Morgan fingerprint density at radius 3 is 1.15 bits per heavy atom. The fraction of sp³-hybridized carbons (Fsp3) is 0.314. The van der Waals surface area contributed by atoms with Crippen LogP contribution in [0.3, 0.4) is 0 Å². The zero-order valence-corrected chi connectivity index (χ0v) is 52.3. The van der Waals surface area contributed by atoms with Crippen molar-refractivity contribution in [2.75, 3.05) is 66.6 Å². The molecule has 0 saturated heterocycles. The Bertz CT molecular complexity index is 3510. The fourth-order valence-electron chi connectivity index (χ4n) is 10.1. The minimum absolute atomic E-state index is 0.0525. The van der Waals surface area contributed by atoms with Crippen LogP contribution in [0.25, 0.3) is 21.5 Å². The standard InChI is InChI=1S/C70H76F2N8O14/c1-91-67(87)59(77-69(89)93-45-53-20-11-16-49-14-3-5-22-57(49)53)24-7-9-36-73-61(81)41-79(43-63(83)75-38-34-47-26-30-55(71)31-27-47)65(85)51-18-13-19-52(40-51)66(86)80(44-64(84)76-39-35-48-28-32-56(72)33-29-48)42-62(82)74-37-10-8-25-60(68(88)92-2)78-70(90)94-46-54-21-12-17-50-15-4-6-23-58(50)54/h3-6,11-23,26-33,40,59-60H,7-10,24-25,34-39,41-46H2,1-2H3,(H,73,81)(H,74,82)(H,75,83)(H,76,84)(H,77,89)(H,78,90)/t59-,60-/m0/s1. The molecule has 0 radical (unpaired) electrons. The number of hydrogen-bond donors (Lipinski definition) is 6. The molecule has 0 aromatic heterocycles. The summed E-state index contributed by atoms with van der Waals surface area (Å²) in [4.78, 5) is 136. The highest BCUT2D eigenvalue weighted by atomic mass is 19.1. The maximum absolute atomic E-state index is 14.5. The maximum atomic E-state index is 14.5. The van der Waals surface area contributed by atoms with E-state index in [0.29, 0.717) is 38.5 Å². The third-order valence-corrected chi connectivity index (χ3v) is 15.1. The van der Waals surface area contributed by atoms with Crippen molar-refractivity contribution in [3.63, 3.8) is 0 Å². The summed E-state index contributed by atoms with van der Waals surface area (Å²) in [6, 6.07) is 40.9. The van der Waals surface area contributed by atoms with Crippen LogP contribution in [0.15, 0.2) is 158 Å². The molecule has 494 valence electrons. The third kappa shape index (κ3) is 22.9. The second-order valence-corrected chi connectivity index (χ2v) is 21.9. The normalized spacial score (nSPS) is 11.4. The number of fused-ring (bicyclic) bond motifs is 2. The van der Waals surface area contributed by atoms with Crippen LogP contribution < -0.4 is 31.9 Å². The molecule has 0 bridgehead atoms. The van der Waals surface area contributed by atoms with Gasteiger partial charge in [-0.15, -0.1) is 0 Å². The highest BCUT2D eigenvalue weighted by Crippen LogP contribution is 2.21. The zero-order chi connectivity index (χ0) is 67.2. The van der Waals surface area contributed by atoms with Gasteiger partial charge in [0.05, 0.1) is 14.2 Å². The molecular formula is C70H76F2N8O14. The van der Waals surface area contributed by atoms with Crippen LogP contribution in [-0.2, 0) is 73.8 Å². The molecule has 0 aliphatic carbocycles. The molecular weight excluding hydrogens is 1210 g/mol. The molecule has 7 aromatic rings. The van der Waals surface area contributed by atoms with E-state index in [1.807, 2.05) is 84.9 Å². The van der Waals surface area contributed by atoms with Crippen LogP contribution in [0.1, 0.15) is 81.5 Å². The zero-order valence-electron chi connectivity index (χ0n) is 52.3. The van der Waals surface area contributed by atoms with Gasteiger partial charge in [-0.25, -0.2) is 28.0 Å². The van der Waals surface area contributed by atoms with Crippen molar-refractivity contribution >= 4 is 81.1 Å².